The first-order chi connectivity index (χ1) is 16.9. The van der Waals surface area contributed by atoms with Crippen LogP contribution >= 0.6 is 0 Å². The SMILES string of the molecule is CN([C@H](C#N)CN(Cc1ccccc1)Cc1ccccc1)[C@H]1COC(C)(C)O[C@H]1c1ccccc1. The topological polar surface area (TPSA) is 48.7 Å². The molecule has 0 spiro atoms. The predicted octanol–water partition coefficient (Wildman–Crippen LogP) is 5.41. The highest BCUT2D eigenvalue weighted by Gasteiger charge is 2.41. The molecular weight excluding hydrogens is 434 g/mol. The van der Waals surface area contributed by atoms with Crippen molar-refractivity contribution >= 4 is 0 Å². The van der Waals surface area contributed by atoms with E-state index in [9.17, 15) is 5.26 Å². The fraction of sp³-hybridized carbons (Fsp3) is 0.367. The third-order valence-corrected chi connectivity index (χ3v) is 6.58. The Morgan fingerprint density at radius 2 is 1.40 bits per heavy atom. The van der Waals surface area contributed by atoms with Gasteiger partial charge in [0.25, 0.3) is 0 Å². The Morgan fingerprint density at radius 3 is 1.91 bits per heavy atom. The van der Waals surface area contributed by atoms with Crippen LogP contribution in [0.15, 0.2) is 91.0 Å². The van der Waals surface area contributed by atoms with Crippen molar-refractivity contribution in [1.82, 2.24) is 9.80 Å². The summed E-state index contributed by atoms with van der Waals surface area (Å²) in [4.78, 5) is 4.48. The Balaban J connectivity index is 1.55. The molecule has 0 aromatic heterocycles. The molecule has 3 atom stereocenters. The van der Waals surface area contributed by atoms with Gasteiger partial charge in [-0.2, -0.15) is 5.26 Å². The molecule has 5 heteroatoms. The summed E-state index contributed by atoms with van der Waals surface area (Å²) < 4.78 is 12.5. The second-order valence-electron chi connectivity index (χ2n) is 9.68. The third kappa shape index (κ3) is 6.78. The lowest BCUT2D eigenvalue weighted by molar-refractivity contribution is -0.297. The maximum absolute atomic E-state index is 10.3. The quantitative estimate of drug-likeness (QED) is 0.420. The molecule has 0 unspecified atom stereocenters. The monoisotopic (exact) mass is 469 g/mol. The summed E-state index contributed by atoms with van der Waals surface area (Å²) in [6.07, 6.45) is -0.183. The van der Waals surface area contributed by atoms with Crippen molar-refractivity contribution in [1.29, 1.82) is 5.26 Å². The molecule has 0 saturated carbocycles. The number of benzene rings is 3. The van der Waals surface area contributed by atoms with Gasteiger partial charge in [-0.15, -0.1) is 0 Å². The summed E-state index contributed by atoms with van der Waals surface area (Å²) in [5.41, 5.74) is 3.56. The lowest BCUT2D eigenvalue weighted by atomic mass is 9.98. The van der Waals surface area contributed by atoms with Crippen LogP contribution in [0.5, 0.6) is 0 Å². The molecule has 0 N–H and O–H groups in total. The highest BCUT2D eigenvalue weighted by Crippen LogP contribution is 2.35. The van der Waals surface area contributed by atoms with E-state index in [0.29, 0.717) is 13.2 Å². The highest BCUT2D eigenvalue weighted by molar-refractivity contribution is 5.21. The zero-order valence-corrected chi connectivity index (χ0v) is 20.9. The molecule has 0 amide bonds. The van der Waals surface area contributed by atoms with Crippen LogP contribution in [0, 0.1) is 11.3 Å². The van der Waals surface area contributed by atoms with Crippen LogP contribution in [-0.4, -0.2) is 47.9 Å². The molecule has 1 aliphatic rings. The van der Waals surface area contributed by atoms with Crippen LogP contribution in [-0.2, 0) is 22.6 Å². The van der Waals surface area contributed by atoms with Crippen molar-refractivity contribution in [2.45, 2.75) is 50.9 Å². The van der Waals surface area contributed by atoms with Gasteiger partial charge in [0.2, 0.25) is 0 Å². The molecular formula is C30H35N3O2. The molecule has 1 heterocycles. The fourth-order valence-electron chi connectivity index (χ4n) is 4.66. The van der Waals surface area contributed by atoms with E-state index in [0.717, 1.165) is 18.7 Å². The van der Waals surface area contributed by atoms with Gasteiger partial charge in [-0.25, -0.2) is 0 Å². The first-order valence-electron chi connectivity index (χ1n) is 12.2. The van der Waals surface area contributed by atoms with Crippen LogP contribution in [0.3, 0.4) is 0 Å². The van der Waals surface area contributed by atoms with Crippen molar-refractivity contribution < 1.29 is 9.47 Å². The van der Waals surface area contributed by atoms with Gasteiger partial charge in [0.05, 0.1) is 18.7 Å². The van der Waals surface area contributed by atoms with Gasteiger partial charge in [0, 0.05) is 19.6 Å². The Morgan fingerprint density at radius 1 is 0.886 bits per heavy atom. The number of hydrogen-bond donors (Lipinski definition) is 0. The summed E-state index contributed by atoms with van der Waals surface area (Å²) in [6.45, 7) is 6.55. The van der Waals surface area contributed by atoms with Crippen molar-refractivity contribution in [3.8, 4) is 6.07 Å². The zero-order chi connectivity index (χ0) is 24.7. The largest absolute Gasteiger partial charge is 0.349 e. The number of ether oxygens (including phenoxy) is 2. The third-order valence-electron chi connectivity index (χ3n) is 6.58. The van der Waals surface area contributed by atoms with Crippen molar-refractivity contribution in [3.63, 3.8) is 0 Å². The van der Waals surface area contributed by atoms with E-state index in [1.165, 1.54) is 11.1 Å². The summed E-state index contributed by atoms with van der Waals surface area (Å²) in [5.74, 6) is -0.674. The minimum absolute atomic E-state index is 0.0784. The lowest BCUT2D eigenvalue weighted by Gasteiger charge is -2.46. The van der Waals surface area contributed by atoms with Gasteiger partial charge >= 0.3 is 0 Å². The minimum atomic E-state index is -0.674. The smallest absolute Gasteiger partial charge is 0.163 e. The number of nitriles is 1. The molecule has 5 nitrogen and oxygen atoms in total. The maximum Gasteiger partial charge on any atom is 0.163 e. The van der Waals surface area contributed by atoms with E-state index in [2.05, 4.69) is 76.5 Å². The summed E-state index contributed by atoms with van der Waals surface area (Å²) in [5, 5.41) is 10.3. The van der Waals surface area contributed by atoms with Crippen LogP contribution in [0.25, 0.3) is 0 Å². The molecule has 3 aromatic carbocycles. The average Bonchev–Trinajstić information content (AvgIpc) is 2.88. The van der Waals surface area contributed by atoms with Crippen molar-refractivity contribution in [3.05, 3.63) is 108 Å². The van der Waals surface area contributed by atoms with Gasteiger partial charge in [-0.05, 0) is 37.6 Å². The number of likely N-dealkylation sites (N-methyl/N-ethyl adjacent to an activating group) is 1. The highest BCUT2D eigenvalue weighted by atomic mass is 16.7. The molecule has 1 aliphatic heterocycles. The van der Waals surface area contributed by atoms with Crippen LogP contribution in [0.1, 0.15) is 36.6 Å². The Hall–Kier alpha value is -3.01. The molecule has 0 radical (unpaired) electrons. The van der Waals surface area contributed by atoms with Crippen molar-refractivity contribution in [2.75, 3.05) is 20.2 Å². The predicted molar refractivity (Wildman–Crippen MR) is 138 cm³/mol. The van der Waals surface area contributed by atoms with E-state index in [1.54, 1.807) is 0 Å². The molecule has 4 rings (SSSR count). The molecule has 1 saturated heterocycles. The number of nitrogens with zero attached hydrogens (tertiary/aromatic N) is 3. The molecule has 0 aliphatic carbocycles. The second-order valence-corrected chi connectivity index (χ2v) is 9.68. The number of rotatable bonds is 9. The average molecular weight is 470 g/mol. The first kappa shape index (κ1) is 25.1. The van der Waals surface area contributed by atoms with Crippen LogP contribution in [0.4, 0.5) is 0 Å². The Bertz CT molecular complexity index is 1040. The molecule has 182 valence electrons. The Labute approximate surface area is 209 Å². The lowest BCUT2D eigenvalue weighted by Crippen LogP contribution is -2.55. The van der Waals surface area contributed by atoms with E-state index in [4.69, 9.17) is 9.47 Å². The van der Waals surface area contributed by atoms with Gasteiger partial charge in [-0.1, -0.05) is 91.0 Å². The van der Waals surface area contributed by atoms with Crippen LogP contribution in [0.2, 0.25) is 0 Å². The molecule has 35 heavy (non-hydrogen) atoms. The van der Waals surface area contributed by atoms with E-state index < -0.39 is 5.79 Å². The maximum atomic E-state index is 10.3. The number of hydrogen-bond acceptors (Lipinski definition) is 5. The van der Waals surface area contributed by atoms with Crippen molar-refractivity contribution in [2.24, 2.45) is 0 Å². The minimum Gasteiger partial charge on any atom is -0.349 e. The van der Waals surface area contributed by atoms with E-state index in [-0.39, 0.29) is 18.2 Å². The molecule has 1 fully saturated rings. The van der Waals surface area contributed by atoms with E-state index >= 15 is 0 Å². The van der Waals surface area contributed by atoms with E-state index in [1.807, 2.05) is 51.2 Å². The Kier molecular flexibility index (Phi) is 8.33. The van der Waals surface area contributed by atoms with Gasteiger partial charge in [-0.3, -0.25) is 9.80 Å². The van der Waals surface area contributed by atoms with Gasteiger partial charge in [0.1, 0.15) is 12.1 Å². The fourth-order valence-corrected chi connectivity index (χ4v) is 4.66. The summed E-state index contributed by atoms with van der Waals surface area (Å²) in [6, 6.07) is 33.3. The van der Waals surface area contributed by atoms with Gasteiger partial charge < -0.3 is 9.47 Å². The summed E-state index contributed by atoms with van der Waals surface area (Å²) >= 11 is 0. The standard InChI is InChI=1S/C30H35N3O2/c1-30(2)34-23-28(29(35-30)26-17-11-6-12-18-26)32(3)27(19-31)22-33(20-24-13-7-4-8-14-24)21-25-15-9-5-10-16-25/h4-18,27-29H,20-23H2,1-3H3/t27-,28+,29+/m1/s1. The van der Waals surface area contributed by atoms with Gasteiger partial charge in [0.15, 0.2) is 5.79 Å². The molecule has 0 bridgehead atoms. The van der Waals surface area contributed by atoms with Crippen LogP contribution < -0.4 is 0 Å². The zero-order valence-electron chi connectivity index (χ0n) is 20.9. The normalized spacial score (nSPS) is 20.5. The molecule has 3 aromatic rings. The first-order valence-corrected chi connectivity index (χ1v) is 12.2. The summed E-state index contributed by atoms with van der Waals surface area (Å²) in [7, 11) is 2.02. The second kappa shape index (κ2) is 11.6.